The smallest absolute Gasteiger partial charge is 0.780 e. The van der Waals surface area contributed by atoms with Gasteiger partial charge >= 0.3 is 59.1 Å². The summed E-state index contributed by atoms with van der Waals surface area (Å²) in [6, 6.07) is 3.73. The molecule has 14 heteroatoms. The first-order chi connectivity index (χ1) is 18.0. The molecule has 1 aromatic heterocycles. The van der Waals surface area contributed by atoms with Crippen LogP contribution in [0.1, 0.15) is 67.4 Å². The fraction of sp³-hybridized carbons (Fsp3) is 0.577. The van der Waals surface area contributed by atoms with Crippen molar-refractivity contribution in [1.29, 1.82) is 0 Å². The number of phosphoric acid groups is 1. The Morgan fingerprint density at radius 3 is 2.73 bits per heavy atom. The van der Waals surface area contributed by atoms with E-state index in [0.29, 0.717) is 38.8 Å². The Morgan fingerprint density at radius 1 is 1.32 bits per heavy atom. The molecule has 0 bridgehead atoms. The topological polar surface area (TPSA) is 136 Å². The molecule has 40 heavy (non-hydrogen) atoms. The van der Waals surface area contributed by atoms with Crippen molar-refractivity contribution in [3.05, 3.63) is 37.9 Å². The minimum atomic E-state index is -5.13. The van der Waals surface area contributed by atoms with Crippen LogP contribution in [-0.4, -0.2) is 23.7 Å². The number of anilines is 1. The van der Waals surface area contributed by atoms with Gasteiger partial charge in [-0.25, -0.2) is 4.98 Å². The second-order valence-corrected chi connectivity index (χ2v) is 14.3. The van der Waals surface area contributed by atoms with Gasteiger partial charge in [0.15, 0.2) is 5.13 Å². The van der Waals surface area contributed by atoms with Gasteiger partial charge in [-0.1, -0.05) is 12.1 Å². The van der Waals surface area contributed by atoms with Gasteiger partial charge < -0.3 is 29.0 Å². The number of benzene rings is 1. The third-order valence-electron chi connectivity index (χ3n) is 8.67. The zero-order chi connectivity index (χ0) is 27.2. The maximum atomic E-state index is 12.8. The molecule has 2 fully saturated rings. The Bertz CT molecular complexity index is 1320. The third kappa shape index (κ3) is 7.39. The Kier molecular flexibility index (Phi) is 12.3. The number of halogens is 1. The van der Waals surface area contributed by atoms with E-state index in [1.165, 1.54) is 16.9 Å². The first-order valence-corrected chi connectivity index (χ1v) is 16.2. The van der Waals surface area contributed by atoms with Crippen molar-refractivity contribution in [3.8, 4) is 5.75 Å². The minimum Gasteiger partial charge on any atom is -0.780 e. The van der Waals surface area contributed by atoms with E-state index in [0.717, 1.165) is 54.7 Å². The van der Waals surface area contributed by atoms with Gasteiger partial charge in [-0.15, -0.1) is 11.3 Å². The number of aromatic nitrogens is 1. The quantitative estimate of drug-likeness (QED) is 0.164. The van der Waals surface area contributed by atoms with Crippen LogP contribution in [0.5, 0.6) is 5.75 Å². The van der Waals surface area contributed by atoms with E-state index in [-0.39, 0.29) is 76.2 Å². The molecule has 5 rings (SSSR count). The molecule has 0 spiro atoms. The van der Waals surface area contributed by atoms with Crippen LogP contribution in [0.15, 0.2) is 23.5 Å². The molecule has 9 nitrogen and oxygen atoms in total. The van der Waals surface area contributed by atoms with Crippen LogP contribution in [0, 0.1) is 33.7 Å². The number of hydrogen-bond donors (Lipinski definition) is 1. The fourth-order valence-corrected chi connectivity index (χ4v) is 9.12. The molecule has 3 aliphatic rings. The van der Waals surface area contributed by atoms with Gasteiger partial charge in [-0.05, 0) is 115 Å². The van der Waals surface area contributed by atoms with Crippen LogP contribution in [-0.2, 0) is 20.6 Å². The number of oxime groups is 1. The first kappa shape index (κ1) is 35.0. The number of amides is 1. The normalized spacial score (nSPS) is 27.9. The van der Waals surface area contributed by atoms with Crippen molar-refractivity contribution < 1.29 is 87.6 Å². The minimum absolute atomic E-state index is 0. The van der Waals surface area contributed by atoms with E-state index in [9.17, 15) is 19.1 Å². The first-order valence-electron chi connectivity index (χ1n) is 12.8. The molecule has 2 aromatic rings. The fourth-order valence-electron chi connectivity index (χ4n) is 7.27. The van der Waals surface area contributed by atoms with Crippen molar-refractivity contribution in [2.24, 2.45) is 28.3 Å². The Balaban J connectivity index is 0.00000220. The Hall–Kier alpha value is 0.470. The monoisotopic (exact) mass is 717 g/mol. The molecule has 0 aliphatic heterocycles. The van der Waals surface area contributed by atoms with Crippen molar-refractivity contribution >= 4 is 58.5 Å². The van der Waals surface area contributed by atoms with Crippen molar-refractivity contribution in [2.75, 3.05) is 12.4 Å². The second-order valence-electron chi connectivity index (χ2n) is 10.9. The molecule has 3 aliphatic carbocycles. The van der Waals surface area contributed by atoms with E-state index in [1.807, 2.05) is 35.6 Å². The number of nitrogens with one attached hydrogen (secondary N) is 1. The maximum Gasteiger partial charge on any atom is 1.00 e. The summed E-state index contributed by atoms with van der Waals surface area (Å²) in [5.41, 5.74) is 3.28. The van der Waals surface area contributed by atoms with Crippen LogP contribution in [0.2, 0.25) is 0 Å². The zero-order valence-corrected chi connectivity index (χ0v) is 31.4. The molecular weight excluding hydrogens is 686 g/mol. The molecule has 1 amide bonds. The molecule has 1 heterocycles. The Morgan fingerprint density at radius 2 is 2.08 bits per heavy atom. The van der Waals surface area contributed by atoms with E-state index < -0.39 is 7.82 Å². The van der Waals surface area contributed by atoms with Gasteiger partial charge in [0.25, 0.3) is 0 Å². The van der Waals surface area contributed by atoms with E-state index >= 15 is 0 Å². The van der Waals surface area contributed by atoms with Gasteiger partial charge in [-0.2, -0.15) is 0 Å². The van der Waals surface area contributed by atoms with Crippen LogP contribution >= 0.6 is 41.8 Å². The van der Waals surface area contributed by atoms with Crippen LogP contribution in [0.3, 0.4) is 0 Å². The molecule has 2 saturated carbocycles. The van der Waals surface area contributed by atoms with Crippen LogP contribution in [0.25, 0.3) is 0 Å². The van der Waals surface area contributed by atoms with Gasteiger partial charge in [0.1, 0.15) is 20.7 Å². The third-order valence-corrected chi connectivity index (χ3v) is 10.8. The van der Waals surface area contributed by atoms with Gasteiger partial charge in [0, 0.05) is 22.9 Å². The predicted molar refractivity (Wildman–Crippen MR) is 150 cm³/mol. The van der Waals surface area contributed by atoms with Gasteiger partial charge in [0.05, 0.1) is 9.28 Å². The number of fused-ring (bicyclic) bond motifs is 5. The SMILES string of the molecule is CO/N=C1\C[C@@H](CCC(=O)Nc2ncc(C)s2)C2C3CCc4cc(OP(=O)([O-])[O-])c(I)cc4C3CC[C@]12C.[Na+].[Na+]. The average molecular weight is 717 g/mol. The largest absolute Gasteiger partial charge is 1.00 e. The molecule has 5 atom stereocenters. The number of hydrogen-bond acceptors (Lipinski definition) is 9. The Labute approximate surface area is 297 Å². The number of phosphoric ester groups is 1. The van der Waals surface area contributed by atoms with Crippen molar-refractivity contribution in [3.63, 3.8) is 0 Å². The molecular formula is C26H31IN3Na2O6PS. The van der Waals surface area contributed by atoms with Crippen molar-refractivity contribution in [2.45, 2.75) is 64.7 Å². The maximum absolute atomic E-state index is 12.8. The van der Waals surface area contributed by atoms with Crippen molar-refractivity contribution in [1.82, 2.24) is 4.98 Å². The number of carbonyl (C=O) groups is 1. The van der Waals surface area contributed by atoms with E-state index in [4.69, 9.17) is 9.36 Å². The molecule has 0 radical (unpaired) electrons. The predicted octanol–water partition coefficient (Wildman–Crippen LogP) is -1.22. The summed E-state index contributed by atoms with van der Waals surface area (Å²) >= 11 is 3.52. The van der Waals surface area contributed by atoms with Gasteiger partial charge in [0.2, 0.25) is 5.91 Å². The summed E-state index contributed by atoms with van der Waals surface area (Å²) in [7, 11) is -3.54. The standard InChI is InChI=1S/C26H33IN3O6PS.2Na/c1-14-13-28-25(38-14)29-23(31)7-5-16-11-22(30-35-3)26(2)9-8-17-18(24(16)26)6-4-15-10-21(36-37(32,33)34)20(27)12-19(15)17;;/h10,12-13,16-18,24H,4-9,11H2,1-3H3,(H,28,29,31)(H2,32,33,34);;/q;2*+1/p-2/b30-22+;;/t16-,17?,18?,24?,26-;;/m1../s1. The van der Waals surface area contributed by atoms with Crippen LogP contribution in [0.4, 0.5) is 5.13 Å². The molecule has 0 saturated heterocycles. The van der Waals surface area contributed by atoms with Gasteiger partial charge in [-0.3, -0.25) is 4.79 Å². The summed E-state index contributed by atoms with van der Waals surface area (Å²) in [6.45, 7) is 4.27. The molecule has 1 N–H and O–H groups in total. The molecule has 1 aromatic carbocycles. The number of carbonyl (C=O) groups excluding carboxylic acids is 1. The summed E-state index contributed by atoms with van der Waals surface area (Å²) < 4.78 is 16.6. The van der Waals surface area contributed by atoms with E-state index in [1.54, 1.807) is 19.4 Å². The summed E-state index contributed by atoms with van der Waals surface area (Å²) in [6.07, 6.45) is 7.46. The number of rotatable bonds is 7. The van der Waals surface area contributed by atoms with E-state index in [2.05, 4.69) is 22.4 Å². The number of nitrogens with zero attached hydrogens (tertiary/aromatic N) is 2. The van der Waals surface area contributed by atoms with Crippen LogP contribution < -0.4 is 78.7 Å². The zero-order valence-electron chi connectivity index (χ0n) is 23.6. The molecule has 3 unspecified atom stereocenters. The number of thiazole rings is 1. The average Bonchev–Trinajstić information content (AvgIpc) is 3.37. The summed E-state index contributed by atoms with van der Waals surface area (Å²) in [5.74, 6) is 1.49. The molecule has 206 valence electrons. The second kappa shape index (κ2) is 14.1. The summed E-state index contributed by atoms with van der Waals surface area (Å²) in [5, 5.41) is 8.05. The number of aryl methyl sites for hydroxylation is 2. The summed E-state index contributed by atoms with van der Waals surface area (Å²) in [4.78, 5) is 45.8.